The number of urea groups is 1. The van der Waals surface area contributed by atoms with Gasteiger partial charge >= 0.3 is 12.0 Å². The number of ketones is 1. The molecular formula is C25H27N3O5. The molecule has 3 amide bonds. The van der Waals surface area contributed by atoms with E-state index in [0.29, 0.717) is 12.0 Å². The summed E-state index contributed by atoms with van der Waals surface area (Å²) in [5.41, 5.74) is 4.03. The molecule has 0 saturated carbocycles. The van der Waals surface area contributed by atoms with Crippen molar-refractivity contribution in [3.05, 3.63) is 83.1 Å². The quantitative estimate of drug-likeness (QED) is 0.536. The van der Waals surface area contributed by atoms with Gasteiger partial charge in [0.25, 0.3) is 5.91 Å². The van der Waals surface area contributed by atoms with Crippen LogP contribution >= 0.6 is 0 Å². The summed E-state index contributed by atoms with van der Waals surface area (Å²) in [4.78, 5) is 49.5. The molecule has 172 valence electrons. The molecule has 8 nitrogen and oxygen atoms in total. The molecule has 2 aromatic carbocycles. The van der Waals surface area contributed by atoms with Crippen LogP contribution in [-0.4, -0.2) is 46.8 Å². The van der Waals surface area contributed by atoms with Gasteiger partial charge in [-0.15, -0.1) is 0 Å². The molecule has 8 heteroatoms. The van der Waals surface area contributed by atoms with Crippen molar-refractivity contribution in [3.8, 4) is 0 Å². The fraction of sp³-hybridized carbons (Fsp3) is 0.280. The third-order valence-corrected chi connectivity index (χ3v) is 5.55. The van der Waals surface area contributed by atoms with Gasteiger partial charge in [0.1, 0.15) is 0 Å². The first-order chi connectivity index (χ1) is 15.8. The number of amides is 3. The molecule has 1 unspecified atom stereocenters. The van der Waals surface area contributed by atoms with Crippen LogP contribution in [-0.2, 0) is 27.2 Å². The minimum atomic E-state index is -1.35. The fourth-order valence-electron chi connectivity index (χ4n) is 3.79. The molecule has 0 spiro atoms. The lowest BCUT2D eigenvalue weighted by Gasteiger charge is -2.25. The Balaban J connectivity index is 1.77. The number of carboxylic acids is 1. The number of nitrogens with zero attached hydrogens (tertiary/aromatic N) is 1. The molecule has 0 bridgehead atoms. The lowest BCUT2D eigenvalue weighted by Crippen LogP contribution is -2.55. The Bertz CT molecular complexity index is 1090. The van der Waals surface area contributed by atoms with Crippen LogP contribution in [0.2, 0.25) is 0 Å². The number of hydrogen-bond acceptors (Lipinski definition) is 4. The van der Waals surface area contributed by atoms with Crippen LogP contribution in [0.3, 0.4) is 0 Å². The average molecular weight is 450 g/mol. The van der Waals surface area contributed by atoms with Gasteiger partial charge in [-0.3, -0.25) is 14.4 Å². The zero-order valence-corrected chi connectivity index (χ0v) is 18.6. The Hall–Kier alpha value is -3.94. The molecular weight excluding hydrogens is 422 g/mol. The SMILES string of the molecule is CCc1ccccc1Cc1cccc([C@H](CC(=O)O)NC(=O)NC2C(=O)C=CN(C)C2=O)c1. The maximum absolute atomic E-state index is 12.6. The van der Waals surface area contributed by atoms with Gasteiger partial charge in [0.2, 0.25) is 0 Å². The van der Waals surface area contributed by atoms with Crippen LogP contribution in [0.4, 0.5) is 4.79 Å². The van der Waals surface area contributed by atoms with Gasteiger partial charge in [0.05, 0.1) is 12.5 Å². The summed E-state index contributed by atoms with van der Waals surface area (Å²) < 4.78 is 0. The molecule has 0 fully saturated rings. The van der Waals surface area contributed by atoms with Crippen molar-refractivity contribution in [2.75, 3.05) is 7.05 Å². The highest BCUT2D eigenvalue weighted by Crippen LogP contribution is 2.21. The van der Waals surface area contributed by atoms with Gasteiger partial charge in [0, 0.05) is 19.3 Å². The van der Waals surface area contributed by atoms with E-state index in [-0.39, 0.29) is 6.42 Å². The molecule has 1 aliphatic rings. The molecule has 0 saturated heterocycles. The summed E-state index contributed by atoms with van der Waals surface area (Å²) in [5, 5.41) is 14.3. The van der Waals surface area contributed by atoms with E-state index in [9.17, 15) is 24.3 Å². The number of carbonyl (C=O) groups is 4. The predicted octanol–water partition coefficient (Wildman–Crippen LogP) is 2.58. The molecule has 0 aromatic heterocycles. The summed E-state index contributed by atoms with van der Waals surface area (Å²) in [6, 6.07) is 12.5. The first-order valence-corrected chi connectivity index (χ1v) is 10.7. The highest BCUT2D eigenvalue weighted by molar-refractivity contribution is 6.14. The van der Waals surface area contributed by atoms with Crippen molar-refractivity contribution in [1.29, 1.82) is 0 Å². The van der Waals surface area contributed by atoms with Gasteiger partial charge in [-0.1, -0.05) is 55.5 Å². The average Bonchev–Trinajstić information content (AvgIpc) is 2.79. The minimum Gasteiger partial charge on any atom is -0.481 e. The lowest BCUT2D eigenvalue weighted by molar-refractivity contribution is -0.138. The lowest BCUT2D eigenvalue weighted by atomic mass is 9.95. The second kappa shape index (κ2) is 10.6. The molecule has 3 rings (SSSR count). The normalized spacial score (nSPS) is 16.4. The van der Waals surface area contributed by atoms with Gasteiger partial charge in [0.15, 0.2) is 11.8 Å². The number of benzene rings is 2. The van der Waals surface area contributed by atoms with Crippen LogP contribution in [0, 0.1) is 0 Å². The van der Waals surface area contributed by atoms with Gasteiger partial charge < -0.3 is 20.6 Å². The predicted molar refractivity (Wildman–Crippen MR) is 122 cm³/mol. The van der Waals surface area contributed by atoms with Crippen molar-refractivity contribution < 1.29 is 24.3 Å². The highest BCUT2D eigenvalue weighted by atomic mass is 16.4. The van der Waals surface area contributed by atoms with E-state index in [1.807, 2.05) is 30.3 Å². The van der Waals surface area contributed by atoms with Crippen LogP contribution in [0.5, 0.6) is 0 Å². The number of nitrogens with one attached hydrogen (secondary N) is 2. The third-order valence-electron chi connectivity index (χ3n) is 5.55. The smallest absolute Gasteiger partial charge is 0.316 e. The molecule has 3 N–H and O–H groups in total. The molecule has 1 heterocycles. The second-order valence-electron chi connectivity index (χ2n) is 7.91. The van der Waals surface area contributed by atoms with E-state index in [2.05, 4.69) is 29.7 Å². The Labute approximate surface area is 192 Å². The largest absolute Gasteiger partial charge is 0.481 e. The maximum atomic E-state index is 12.6. The zero-order valence-electron chi connectivity index (χ0n) is 18.6. The van der Waals surface area contributed by atoms with Gasteiger partial charge in [-0.2, -0.15) is 0 Å². The molecule has 2 atom stereocenters. The van der Waals surface area contributed by atoms with Gasteiger partial charge in [-0.05, 0) is 35.1 Å². The topological polar surface area (TPSA) is 116 Å². The molecule has 0 radical (unpaired) electrons. The second-order valence-corrected chi connectivity index (χ2v) is 7.91. The van der Waals surface area contributed by atoms with E-state index in [1.54, 1.807) is 6.07 Å². The van der Waals surface area contributed by atoms with Crippen LogP contribution in [0.25, 0.3) is 0 Å². The number of rotatable bonds is 8. The number of carboxylic acid groups (broad SMARTS) is 1. The molecule has 33 heavy (non-hydrogen) atoms. The summed E-state index contributed by atoms with van der Waals surface area (Å²) >= 11 is 0. The van der Waals surface area contributed by atoms with Crippen molar-refractivity contribution >= 4 is 23.7 Å². The Morgan fingerprint density at radius 1 is 1.09 bits per heavy atom. The number of likely N-dealkylation sites (N-methyl/N-ethyl adjacent to an activating group) is 1. The zero-order chi connectivity index (χ0) is 24.0. The fourth-order valence-corrected chi connectivity index (χ4v) is 3.79. The summed E-state index contributed by atoms with van der Waals surface area (Å²) in [6.45, 7) is 2.09. The number of aliphatic carboxylic acids is 1. The minimum absolute atomic E-state index is 0.352. The van der Waals surface area contributed by atoms with Crippen molar-refractivity contribution in [2.24, 2.45) is 0 Å². The van der Waals surface area contributed by atoms with E-state index < -0.39 is 35.8 Å². The van der Waals surface area contributed by atoms with Crippen LogP contribution in [0.1, 0.15) is 41.6 Å². The van der Waals surface area contributed by atoms with Crippen LogP contribution < -0.4 is 10.6 Å². The molecule has 1 aliphatic heterocycles. The Morgan fingerprint density at radius 2 is 1.82 bits per heavy atom. The van der Waals surface area contributed by atoms with Crippen LogP contribution in [0.15, 0.2) is 60.8 Å². The third kappa shape index (κ3) is 6.06. The Morgan fingerprint density at radius 3 is 2.52 bits per heavy atom. The van der Waals surface area contributed by atoms with Gasteiger partial charge in [-0.25, -0.2) is 4.79 Å². The standard InChI is InChI=1S/C25H27N3O5/c1-3-17-8-4-5-9-18(17)13-16-7-6-10-19(14-16)20(15-22(30)31)26-25(33)27-23-21(29)11-12-28(2)24(23)32/h4-12,14,20,23H,3,13,15H2,1-2H3,(H,30,31)(H2,26,27,33)/t20-,23?/m0/s1. The highest BCUT2D eigenvalue weighted by Gasteiger charge is 2.32. The van der Waals surface area contributed by atoms with Crippen molar-refractivity contribution in [2.45, 2.75) is 38.3 Å². The number of carbonyl (C=O) groups excluding carboxylic acids is 3. The van der Waals surface area contributed by atoms with E-state index in [1.165, 1.54) is 35.4 Å². The van der Waals surface area contributed by atoms with E-state index >= 15 is 0 Å². The first-order valence-electron chi connectivity index (χ1n) is 10.7. The number of hydrogen-bond donors (Lipinski definition) is 3. The van der Waals surface area contributed by atoms with E-state index in [0.717, 1.165) is 12.0 Å². The summed E-state index contributed by atoms with van der Waals surface area (Å²) in [7, 11) is 1.48. The maximum Gasteiger partial charge on any atom is 0.316 e. The monoisotopic (exact) mass is 449 g/mol. The van der Waals surface area contributed by atoms with Crippen molar-refractivity contribution in [1.82, 2.24) is 15.5 Å². The molecule has 2 aromatic rings. The molecule has 0 aliphatic carbocycles. The number of aryl methyl sites for hydroxylation is 1. The van der Waals surface area contributed by atoms with E-state index in [4.69, 9.17) is 0 Å². The summed E-state index contributed by atoms with van der Waals surface area (Å²) in [6.07, 6.45) is 3.76. The first kappa shape index (κ1) is 23.7. The Kier molecular flexibility index (Phi) is 7.61. The van der Waals surface area contributed by atoms with Crippen molar-refractivity contribution in [3.63, 3.8) is 0 Å². The summed E-state index contributed by atoms with van der Waals surface area (Å²) in [5.74, 6) is -2.20.